The van der Waals surface area contributed by atoms with Crippen molar-refractivity contribution in [1.82, 2.24) is 0 Å². The zero-order chi connectivity index (χ0) is 14.1. The van der Waals surface area contributed by atoms with Gasteiger partial charge in [-0.25, -0.2) is 0 Å². The first kappa shape index (κ1) is 15.5. The summed E-state index contributed by atoms with van der Waals surface area (Å²) in [6.45, 7) is 6.33. The Labute approximate surface area is 116 Å². The van der Waals surface area contributed by atoms with Crippen LogP contribution in [0.2, 0.25) is 0 Å². The Balaban J connectivity index is 2.30. The van der Waals surface area contributed by atoms with Crippen LogP contribution in [-0.4, -0.2) is 12.4 Å². The van der Waals surface area contributed by atoms with Gasteiger partial charge in [-0.3, -0.25) is 4.79 Å². The number of ether oxygens (including phenoxy) is 1. The van der Waals surface area contributed by atoms with E-state index in [1.165, 1.54) is 12.8 Å². The monoisotopic (exact) mass is 260 g/mol. The lowest BCUT2D eigenvalue weighted by Gasteiger charge is -2.08. The Kier molecular flexibility index (Phi) is 6.94. The van der Waals surface area contributed by atoms with Gasteiger partial charge in [-0.05, 0) is 70.2 Å². The molecule has 1 aromatic carbocycles. The molecule has 0 spiro atoms. The van der Waals surface area contributed by atoms with Crippen LogP contribution in [0.4, 0.5) is 0 Å². The summed E-state index contributed by atoms with van der Waals surface area (Å²) in [6, 6.07) is 5.67. The molecule has 0 heterocycles. The van der Waals surface area contributed by atoms with Crippen molar-refractivity contribution in [2.75, 3.05) is 6.61 Å². The van der Waals surface area contributed by atoms with Gasteiger partial charge in [0.2, 0.25) is 0 Å². The number of hydrogen-bond acceptors (Lipinski definition) is 2. The van der Waals surface area contributed by atoms with Crippen LogP contribution < -0.4 is 4.74 Å². The van der Waals surface area contributed by atoms with Crippen molar-refractivity contribution in [3.8, 4) is 5.75 Å². The van der Waals surface area contributed by atoms with Gasteiger partial charge in [-0.2, -0.15) is 0 Å². The van der Waals surface area contributed by atoms with E-state index in [1.807, 2.05) is 25.1 Å². The van der Waals surface area contributed by atoms with Gasteiger partial charge < -0.3 is 4.74 Å². The minimum Gasteiger partial charge on any atom is -0.494 e. The second-order valence-corrected chi connectivity index (χ2v) is 4.80. The number of carbonyl (C=O) groups is 1. The van der Waals surface area contributed by atoms with E-state index in [9.17, 15) is 4.79 Å². The van der Waals surface area contributed by atoms with Crippen molar-refractivity contribution in [1.29, 1.82) is 0 Å². The lowest BCUT2D eigenvalue weighted by Crippen LogP contribution is -2.00. The third kappa shape index (κ3) is 5.73. The third-order valence-corrected chi connectivity index (χ3v) is 3.10. The van der Waals surface area contributed by atoms with Crippen LogP contribution in [-0.2, 0) is 0 Å². The smallest absolute Gasteiger partial charge is 0.160 e. The summed E-state index contributed by atoms with van der Waals surface area (Å²) < 4.78 is 5.70. The molecular weight excluding hydrogens is 236 g/mol. The Morgan fingerprint density at radius 1 is 1.26 bits per heavy atom. The first-order valence-electron chi connectivity index (χ1n) is 7.00. The van der Waals surface area contributed by atoms with Crippen LogP contribution in [0.15, 0.2) is 30.4 Å². The van der Waals surface area contributed by atoms with Crippen molar-refractivity contribution in [3.63, 3.8) is 0 Å². The van der Waals surface area contributed by atoms with Gasteiger partial charge >= 0.3 is 0 Å². The first-order chi connectivity index (χ1) is 9.15. The van der Waals surface area contributed by atoms with Crippen LogP contribution in [0.1, 0.15) is 55.5 Å². The molecule has 104 valence electrons. The van der Waals surface area contributed by atoms with Gasteiger partial charge in [0.25, 0.3) is 0 Å². The summed E-state index contributed by atoms with van der Waals surface area (Å²) in [4.78, 5) is 11.3. The molecule has 0 aliphatic carbocycles. The lowest BCUT2D eigenvalue weighted by molar-refractivity contribution is 0.101. The standard InChI is InChI=1S/C17H24O2/c1-4-5-6-7-8-9-12-19-16-10-11-17(15(3)18)14(2)13-16/h4-5,10-11,13H,6-9,12H2,1-3H3. The largest absolute Gasteiger partial charge is 0.494 e. The van der Waals surface area contributed by atoms with E-state index in [0.29, 0.717) is 0 Å². The average Bonchev–Trinajstić information content (AvgIpc) is 2.37. The summed E-state index contributed by atoms with van der Waals surface area (Å²) in [5.41, 5.74) is 1.76. The van der Waals surface area contributed by atoms with Crippen LogP contribution in [0.25, 0.3) is 0 Å². The normalized spacial score (nSPS) is 10.9. The number of unbranched alkanes of at least 4 members (excludes halogenated alkanes) is 3. The van der Waals surface area contributed by atoms with Crippen LogP contribution in [0.3, 0.4) is 0 Å². The number of carbonyl (C=O) groups excluding carboxylic acids is 1. The van der Waals surface area contributed by atoms with Crippen molar-refractivity contribution in [2.45, 2.75) is 46.5 Å². The molecule has 2 heteroatoms. The van der Waals surface area contributed by atoms with Crippen LogP contribution in [0, 0.1) is 6.92 Å². The van der Waals surface area contributed by atoms with E-state index in [4.69, 9.17) is 4.74 Å². The molecule has 2 nitrogen and oxygen atoms in total. The second kappa shape index (κ2) is 8.52. The molecule has 19 heavy (non-hydrogen) atoms. The van der Waals surface area contributed by atoms with Crippen molar-refractivity contribution in [2.24, 2.45) is 0 Å². The van der Waals surface area contributed by atoms with Gasteiger partial charge in [0.05, 0.1) is 6.61 Å². The number of benzene rings is 1. The Bertz CT molecular complexity index is 433. The maximum absolute atomic E-state index is 11.3. The third-order valence-electron chi connectivity index (χ3n) is 3.10. The quantitative estimate of drug-likeness (QED) is 0.384. The minimum absolute atomic E-state index is 0.105. The fraction of sp³-hybridized carbons (Fsp3) is 0.471. The maximum Gasteiger partial charge on any atom is 0.160 e. The molecular formula is C17H24O2. The van der Waals surface area contributed by atoms with Gasteiger partial charge in [0, 0.05) is 5.56 Å². The molecule has 0 aliphatic rings. The number of ketones is 1. The molecule has 0 fully saturated rings. The number of rotatable bonds is 8. The maximum atomic E-state index is 11.3. The van der Waals surface area contributed by atoms with E-state index in [2.05, 4.69) is 19.1 Å². The van der Waals surface area contributed by atoms with Gasteiger partial charge in [0.15, 0.2) is 5.78 Å². The molecule has 0 saturated carbocycles. The molecule has 0 N–H and O–H groups in total. The van der Waals surface area contributed by atoms with E-state index < -0.39 is 0 Å². The first-order valence-corrected chi connectivity index (χ1v) is 7.00. The predicted octanol–water partition coefficient (Wildman–Crippen LogP) is 4.71. The Hall–Kier alpha value is -1.57. The summed E-state index contributed by atoms with van der Waals surface area (Å²) in [5.74, 6) is 0.962. The number of Topliss-reactive ketones (excluding diaryl/α,β-unsaturated/α-hetero) is 1. The highest BCUT2D eigenvalue weighted by Crippen LogP contribution is 2.18. The summed E-state index contributed by atoms with van der Waals surface area (Å²) in [5, 5.41) is 0. The number of hydrogen-bond donors (Lipinski definition) is 0. The van der Waals surface area contributed by atoms with E-state index >= 15 is 0 Å². The molecule has 0 unspecified atom stereocenters. The van der Waals surface area contributed by atoms with Crippen LogP contribution in [0.5, 0.6) is 5.75 Å². The van der Waals surface area contributed by atoms with E-state index in [-0.39, 0.29) is 5.78 Å². The van der Waals surface area contributed by atoms with Gasteiger partial charge in [-0.1, -0.05) is 12.2 Å². The SMILES string of the molecule is CC=CCCCCCOc1ccc(C(C)=O)c(C)c1. The number of aryl methyl sites for hydroxylation is 1. The molecule has 0 radical (unpaired) electrons. The van der Waals surface area contributed by atoms with Crippen molar-refractivity contribution in [3.05, 3.63) is 41.5 Å². The van der Waals surface area contributed by atoms with Gasteiger partial charge in [-0.15, -0.1) is 0 Å². The van der Waals surface area contributed by atoms with Crippen molar-refractivity contribution >= 4 is 5.78 Å². The highest BCUT2D eigenvalue weighted by atomic mass is 16.5. The van der Waals surface area contributed by atoms with Gasteiger partial charge in [0.1, 0.15) is 5.75 Å². The molecule has 0 aromatic heterocycles. The minimum atomic E-state index is 0.105. The van der Waals surface area contributed by atoms with E-state index in [0.717, 1.165) is 36.3 Å². The molecule has 1 rings (SSSR count). The van der Waals surface area contributed by atoms with Crippen molar-refractivity contribution < 1.29 is 9.53 Å². The molecule has 0 aliphatic heterocycles. The summed E-state index contributed by atoms with van der Waals surface area (Å²) in [6.07, 6.45) is 8.93. The molecule has 0 saturated heterocycles. The van der Waals surface area contributed by atoms with E-state index in [1.54, 1.807) is 6.92 Å². The summed E-state index contributed by atoms with van der Waals surface area (Å²) in [7, 11) is 0. The zero-order valence-electron chi connectivity index (χ0n) is 12.2. The highest BCUT2D eigenvalue weighted by molar-refractivity contribution is 5.95. The fourth-order valence-electron chi connectivity index (χ4n) is 2.02. The molecule has 1 aromatic rings. The predicted molar refractivity (Wildman–Crippen MR) is 80.0 cm³/mol. The number of allylic oxidation sites excluding steroid dienone is 2. The Morgan fingerprint density at radius 2 is 2.05 bits per heavy atom. The Morgan fingerprint density at radius 3 is 2.68 bits per heavy atom. The highest BCUT2D eigenvalue weighted by Gasteiger charge is 2.04. The fourth-order valence-corrected chi connectivity index (χ4v) is 2.02. The average molecular weight is 260 g/mol. The topological polar surface area (TPSA) is 26.3 Å². The second-order valence-electron chi connectivity index (χ2n) is 4.80. The summed E-state index contributed by atoms with van der Waals surface area (Å²) >= 11 is 0. The zero-order valence-corrected chi connectivity index (χ0v) is 12.2. The molecule has 0 bridgehead atoms. The lowest BCUT2D eigenvalue weighted by atomic mass is 10.1. The van der Waals surface area contributed by atoms with Crippen LogP contribution >= 0.6 is 0 Å². The molecule has 0 amide bonds. The molecule has 0 atom stereocenters.